The number of anilines is 2. The van der Waals surface area contributed by atoms with E-state index in [-0.39, 0.29) is 0 Å². The number of aromatic nitrogens is 1. The summed E-state index contributed by atoms with van der Waals surface area (Å²) >= 11 is 6.15. The van der Waals surface area contributed by atoms with Crippen LogP contribution < -0.4 is 9.80 Å². The first-order valence-corrected chi connectivity index (χ1v) is 8.20. The van der Waals surface area contributed by atoms with Gasteiger partial charge in [-0.1, -0.05) is 37.3 Å². The maximum atomic E-state index is 6.15. The Morgan fingerprint density at radius 3 is 2.55 bits per heavy atom. The van der Waals surface area contributed by atoms with Gasteiger partial charge in [0.25, 0.3) is 0 Å². The largest absolute Gasteiger partial charge is 0.370 e. The molecule has 1 atom stereocenters. The number of rotatable bonds is 1. The molecule has 3 rings (SSSR count). The molecule has 2 aliphatic rings. The van der Waals surface area contributed by atoms with E-state index in [9.17, 15) is 0 Å². The molecule has 0 N–H and O–H groups in total. The zero-order chi connectivity index (χ0) is 14.1. The van der Waals surface area contributed by atoms with Gasteiger partial charge in [0.1, 0.15) is 5.15 Å². The van der Waals surface area contributed by atoms with Crippen LogP contribution in [-0.2, 0) is 0 Å². The fourth-order valence-corrected chi connectivity index (χ4v) is 3.91. The van der Waals surface area contributed by atoms with Crippen LogP contribution in [0, 0.1) is 0 Å². The molecule has 2 heterocycles. The second-order valence-corrected chi connectivity index (χ2v) is 6.65. The van der Waals surface area contributed by atoms with Crippen molar-refractivity contribution in [3.8, 4) is 0 Å². The lowest BCUT2D eigenvalue weighted by molar-refractivity contribution is 0.462. The van der Waals surface area contributed by atoms with E-state index in [1.807, 2.05) is 6.07 Å². The molecule has 0 amide bonds. The normalized spacial score (nSPS) is 24.4. The fourth-order valence-electron chi connectivity index (χ4n) is 3.77. The van der Waals surface area contributed by atoms with Gasteiger partial charge in [-0.25, -0.2) is 4.98 Å². The van der Waals surface area contributed by atoms with E-state index >= 15 is 0 Å². The molecule has 1 fully saturated rings. The van der Waals surface area contributed by atoms with Crippen LogP contribution in [0.15, 0.2) is 12.1 Å². The second-order valence-electron chi connectivity index (χ2n) is 6.26. The van der Waals surface area contributed by atoms with Crippen LogP contribution in [0.25, 0.3) is 0 Å². The van der Waals surface area contributed by atoms with Crippen molar-refractivity contribution in [1.29, 1.82) is 0 Å². The summed E-state index contributed by atoms with van der Waals surface area (Å²) in [4.78, 5) is 9.50. The highest BCUT2D eigenvalue weighted by Gasteiger charge is 2.32. The van der Waals surface area contributed by atoms with Gasteiger partial charge in [-0.05, 0) is 31.9 Å². The Hall–Kier alpha value is -0.960. The van der Waals surface area contributed by atoms with Crippen molar-refractivity contribution in [1.82, 2.24) is 4.98 Å². The first kappa shape index (κ1) is 14.0. The Morgan fingerprint density at radius 1 is 1.15 bits per heavy atom. The highest BCUT2D eigenvalue weighted by Crippen LogP contribution is 2.38. The summed E-state index contributed by atoms with van der Waals surface area (Å²) in [5.74, 6) is 1.09. The van der Waals surface area contributed by atoms with Gasteiger partial charge < -0.3 is 9.80 Å². The minimum Gasteiger partial charge on any atom is -0.370 e. The smallest absolute Gasteiger partial charge is 0.154 e. The van der Waals surface area contributed by atoms with Gasteiger partial charge in [0.05, 0.1) is 5.69 Å². The lowest BCUT2D eigenvalue weighted by Gasteiger charge is -2.45. The molecular weight excluding hydrogens is 270 g/mol. The van der Waals surface area contributed by atoms with Crippen LogP contribution in [-0.4, -0.2) is 30.7 Å². The summed E-state index contributed by atoms with van der Waals surface area (Å²) in [5, 5.41) is 0.602. The number of halogens is 1. The molecule has 0 spiro atoms. The van der Waals surface area contributed by atoms with E-state index < -0.39 is 0 Å². The third-order valence-corrected chi connectivity index (χ3v) is 4.92. The molecule has 1 saturated carbocycles. The molecular formula is C16H24ClN3. The van der Waals surface area contributed by atoms with E-state index in [0.29, 0.717) is 17.2 Å². The SMILES string of the molecule is C[C@@H]1CN(C)c2ccc(Cl)nc2N1C1CCCCCC1. The first-order chi connectivity index (χ1) is 9.66. The van der Waals surface area contributed by atoms with Crippen molar-refractivity contribution in [2.45, 2.75) is 57.5 Å². The zero-order valence-electron chi connectivity index (χ0n) is 12.5. The summed E-state index contributed by atoms with van der Waals surface area (Å²) in [6.07, 6.45) is 8.05. The van der Waals surface area contributed by atoms with Crippen molar-refractivity contribution in [3.63, 3.8) is 0 Å². The van der Waals surface area contributed by atoms with Crippen LogP contribution in [0.1, 0.15) is 45.4 Å². The summed E-state index contributed by atoms with van der Waals surface area (Å²) in [7, 11) is 2.15. The molecule has 4 heteroatoms. The molecule has 0 unspecified atom stereocenters. The highest BCUT2D eigenvalue weighted by atomic mass is 35.5. The minimum atomic E-state index is 0.501. The average molecular weight is 294 g/mol. The van der Waals surface area contributed by atoms with E-state index in [4.69, 9.17) is 11.6 Å². The van der Waals surface area contributed by atoms with Crippen LogP contribution in [0.5, 0.6) is 0 Å². The number of hydrogen-bond acceptors (Lipinski definition) is 3. The van der Waals surface area contributed by atoms with E-state index in [2.05, 4.69) is 34.8 Å². The predicted molar refractivity (Wildman–Crippen MR) is 85.9 cm³/mol. The van der Waals surface area contributed by atoms with Crippen molar-refractivity contribution in [3.05, 3.63) is 17.3 Å². The highest BCUT2D eigenvalue weighted by molar-refractivity contribution is 6.29. The van der Waals surface area contributed by atoms with Gasteiger partial charge >= 0.3 is 0 Å². The van der Waals surface area contributed by atoms with Crippen LogP contribution >= 0.6 is 11.6 Å². The third kappa shape index (κ3) is 2.60. The fraction of sp³-hybridized carbons (Fsp3) is 0.688. The number of fused-ring (bicyclic) bond motifs is 1. The number of likely N-dealkylation sites (N-methyl/N-ethyl adjacent to an activating group) is 1. The molecule has 0 radical (unpaired) electrons. The van der Waals surface area contributed by atoms with Crippen LogP contribution in [0.2, 0.25) is 5.15 Å². The Morgan fingerprint density at radius 2 is 1.85 bits per heavy atom. The van der Waals surface area contributed by atoms with E-state index in [1.54, 1.807) is 0 Å². The zero-order valence-corrected chi connectivity index (χ0v) is 13.2. The molecule has 110 valence electrons. The van der Waals surface area contributed by atoms with Gasteiger partial charge in [0.2, 0.25) is 0 Å². The molecule has 1 aromatic heterocycles. The van der Waals surface area contributed by atoms with Crippen LogP contribution in [0.3, 0.4) is 0 Å². The topological polar surface area (TPSA) is 19.4 Å². The number of hydrogen-bond donors (Lipinski definition) is 0. The second kappa shape index (κ2) is 5.80. The van der Waals surface area contributed by atoms with Gasteiger partial charge in [0, 0.05) is 25.7 Å². The van der Waals surface area contributed by atoms with Crippen molar-refractivity contribution in [2.75, 3.05) is 23.4 Å². The van der Waals surface area contributed by atoms with E-state index in [0.717, 1.165) is 12.4 Å². The Labute approximate surface area is 126 Å². The maximum Gasteiger partial charge on any atom is 0.154 e. The predicted octanol–water partition coefficient (Wildman–Crippen LogP) is 4.10. The van der Waals surface area contributed by atoms with Crippen molar-refractivity contribution < 1.29 is 0 Å². The molecule has 0 aromatic carbocycles. The van der Waals surface area contributed by atoms with Crippen molar-refractivity contribution >= 4 is 23.1 Å². The minimum absolute atomic E-state index is 0.501. The molecule has 1 aliphatic heterocycles. The first-order valence-electron chi connectivity index (χ1n) is 7.83. The third-order valence-electron chi connectivity index (χ3n) is 4.71. The van der Waals surface area contributed by atoms with Crippen molar-refractivity contribution in [2.24, 2.45) is 0 Å². The van der Waals surface area contributed by atoms with Gasteiger partial charge in [-0.2, -0.15) is 0 Å². The molecule has 0 bridgehead atoms. The quantitative estimate of drug-likeness (QED) is 0.574. The van der Waals surface area contributed by atoms with Gasteiger partial charge in [-0.3, -0.25) is 0 Å². The standard InChI is InChI=1S/C16H24ClN3/c1-12-11-19(2)14-9-10-15(17)18-16(14)20(12)13-7-5-3-4-6-8-13/h9-10,12-13H,3-8,11H2,1-2H3/t12-/m1/s1. The lowest BCUT2D eigenvalue weighted by atomic mass is 10.0. The van der Waals surface area contributed by atoms with Gasteiger partial charge in [0.15, 0.2) is 5.82 Å². The van der Waals surface area contributed by atoms with E-state index in [1.165, 1.54) is 44.2 Å². The maximum absolute atomic E-state index is 6.15. The summed E-state index contributed by atoms with van der Waals surface area (Å²) in [5.41, 5.74) is 1.22. The monoisotopic (exact) mass is 293 g/mol. The molecule has 0 saturated heterocycles. The molecule has 1 aliphatic carbocycles. The summed E-state index contributed by atoms with van der Waals surface area (Å²) < 4.78 is 0. The molecule has 1 aromatic rings. The summed E-state index contributed by atoms with van der Waals surface area (Å²) in [6.45, 7) is 3.37. The average Bonchev–Trinajstić information content (AvgIpc) is 2.67. The number of nitrogens with zero attached hydrogens (tertiary/aromatic N) is 3. The Kier molecular flexibility index (Phi) is 4.06. The Balaban J connectivity index is 1.97. The molecule has 20 heavy (non-hydrogen) atoms. The molecule has 3 nitrogen and oxygen atoms in total. The Bertz CT molecular complexity index is 469. The summed E-state index contributed by atoms with van der Waals surface area (Å²) in [6, 6.07) is 5.14. The van der Waals surface area contributed by atoms with Crippen LogP contribution in [0.4, 0.5) is 11.5 Å². The van der Waals surface area contributed by atoms with Gasteiger partial charge in [-0.15, -0.1) is 0 Å². The lowest BCUT2D eigenvalue weighted by Crippen LogP contribution is -2.51. The number of pyridine rings is 1.